The smallest absolute Gasteiger partial charge is 0.404 e. The lowest BCUT2D eigenvalue weighted by Gasteiger charge is -2.40. The molecule has 19 heavy (non-hydrogen) atoms. The van der Waals surface area contributed by atoms with Crippen LogP contribution in [0, 0.1) is 5.92 Å². The van der Waals surface area contributed by atoms with Gasteiger partial charge in [-0.25, -0.2) is 4.79 Å². The van der Waals surface area contributed by atoms with E-state index in [2.05, 4.69) is 50.2 Å². The van der Waals surface area contributed by atoms with Gasteiger partial charge in [0.05, 0.1) is 0 Å². The Bertz CT molecular complexity index is 315. The molecule has 0 spiro atoms. The number of nitrogens with one attached hydrogen (secondary N) is 1. The number of nitrogens with zero attached hydrogens (tertiary/aromatic N) is 1. The second kappa shape index (κ2) is 7.53. The minimum absolute atomic E-state index is 0.0668. The second-order valence-corrected chi connectivity index (χ2v) is 5.78. The third kappa shape index (κ3) is 4.86. The van der Waals surface area contributed by atoms with Crippen molar-refractivity contribution in [3.05, 3.63) is 12.2 Å². The van der Waals surface area contributed by atoms with Gasteiger partial charge in [0.2, 0.25) is 0 Å². The van der Waals surface area contributed by atoms with Crippen molar-refractivity contribution < 1.29 is 9.90 Å². The van der Waals surface area contributed by atoms with E-state index >= 15 is 0 Å². The molecule has 1 amide bonds. The standard InChI is InChI=1S/C15H28N2O2/c1-5-6-7-12-10-13(17(4)11(2)3)8-9-14(12)16-15(18)19/h6-7,11-14,16H,5,8-10H2,1-4H3,(H,18,19)/b7-6-/t12-,13-,14+/m1/s1. The zero-order valence-corrected chi connectivity index (χ0v) is 12.6. The van der Waals surface area contributed by atoms with E-state index in [0.717, 1.165) is 25.7 Å². The zero-order chi connectivity index (χ0) is 14.4. The molecular formula is C15H28N2O2. The predicted molar refractivity (Wildman–Crippen MR) is 78.4 cm³/mol. The third-order valence-corrected chi connectivity index (χ3v) is 4.19. The van der Waals surface area contributed by atoms with Crippen molar-refractivity contribution in [1.29, 1.82) is 0 Å². The largest absolute Gasteiger partial charge is 0.465 e. The summed E-state index contributed by atoms with van der Waals surface area (Å²) in [6.45, 7) is 6.52. The van der Waals surface area contributed by atoms with Crippen LogP contribution in [0.5, 0.6) is 0 Å². The number of carboxylic acid groups (broad SMARTS) is 1. The third-order valence-electron chi connectivity index (χ3n) is 4.19. The van der Waals surface area contributed by atoms with E-state index in [0.29, 0.717) is 18.0 Å². The van der Waals surface area contributed by atoms with Crippen LogP contribution in [0.3, 0.4) is 0 Å². The van der Waals surface area contributed by atoms with Gasteiger partial charge in [-0.05, 0) is 52.5 Å². The summed E-state index contributed by atoms with van der Waals surface area (Å²) in [5.74, 6) is 0.316. The molecule has 0 unspecified atom stereocenters. The topological polar surface area (TPSA) is 52.6 Å². The Kier molecular flexibility index (Phi) is 6.35. The Labute approximate surface area is 116 Å². The molecule has 1 aliphatic carbocycles. The highest BCUT2D eigenvalue weighted by Crippen LogP contribution is 2.29. The van der Waals surface area contributed by atoms with Crippen LogP contribution in [-0.2, 0) is 0 Å². The van der Waals surface area contributed by atoms with Crippen LogP contribution in [-0.4, -0.2) is 41.3 Å². The van der Waals surface area contributed by atoms with E-state index in [4.69, 9.17) is 5.11 Å². The Morgan fingerprint density at radius 3 is 2.68 bits per heavy atom. The lowest BCUT2D eigenvalue weighted by Crippen LogP contribution is -2.48. The molecule has 0 saturated heterocycles. The lowest BCUT2D eigenvalue weighted by molar-refractivity contribution is 0.119. The Morgan fingerprint density at radius 2 is 2.16 bits per heavy atom. The molecule has 0 aliphatic heterocycles. The zero-order valence-electron chi connectivity index (χ0n) is 12.6. The van der Waals surface area contributed by atoms with Crippen LogP contribution in [0.25, 0.3) is 0 Å². The highest BCUT2D eigenvalue weighted by atomic mass is 16.4. The van der Waals surface area contributed by atoms with E-state index in [-0.39, 0.29) is 6.04 Å². The molecule has 0 bridgehead atoms. The van der Waals surface area contributed by atoms with Gasteiger partial charge in [0.1, 0.15) is 0 Å². The summed E-state index contributed by atoms with van der Waals surface area (Å²) in [7, 11) is 2.17. The van der Waals surface area contributed by atoms with E-state index in [1.165, 1.54) is 0 Å². The summed E-state index contributed by atoms with van der Waals surface area (Å²) in [5, 5.41) is 11.6. The van der Waals surface area contributed by atoms with E-state index in [1.54, 1.807) is 0 Å². The molecule has 1 saturated carbocycles. The van der Waals surface area contributed by atoms with Gasteiger partial charge in [0, 0.05) is 18.1 Å². The number of allylic oxidation sites excluding steroid dienone is 1. The molecule has 0 aromatic heterocycles. The number of carbonyl (C=O) groups is 1. The normalized spacial score (nSPS) is 28.2. The van der Waals surface area contributed by atoms with Gasteiger partial charge in [-0.1, -0.05) is 19.1 Å². The molecule has 4 heteroatoms. The van der Waals surface area contributed by atoms with Crippen molar-refractivity contribution in [2.24, 2.45) is 5.92 Å². The molecule has 2 N–H and O–H groups in total. The molecular weight excluding hydrogens is 240 g/mol. The van der Waals surface area contributed by atoms with E-state index < -0.39 is 6.09 Å². The quantitative estimate of drug-likeness (QED) is 0.753. The van der Waals surface area contributed by atoms with E-state index in [9.17, 15) is 4.79 Å². The van der Waals surface area contributed by atoms with Gasteiger partial charge in [-0.3, -0.25) is 0 Å². The van der Waals surface area contributed by atoms with Gasteiger partial charge >= 0.3 is 6.09 Å². The summed E-state index contributed by atoms with van der Waals surface area (Å²) >= 11 is 0. The maximum Gasteiger partial charge on any atom is 0.404 e. The molecule has 1 aliphatic rings. The number of rotatable bonds is 5. The van der Waals surface area contributed by atoms with Crippen LogP contribution >= 0.6 is 0 Å². The summed E-state index contributed by atoms with van der Waals surface area (Å²) in [4.78, 5) is 13.3. The molecule has 1 fully saturated rings. The number of amides is 1. The molecule has 0 radical (unpaired) electrons. The number of hydrogen-bond donors (Lipinski definition) is 2. The summed E-state index contributed by atoms with van der Waals surface area (Å²) in [5.41, 5.74) is 0. The summed E-state index contributed by atoms with van der Waals surface area (Å²) in [6, 6.07) is 1.15. The maximum atomic E-state index is 10.9. The average Bonchev–Trinajstić information content (AvgIpc) is 2.36. The van der Waals surface area contributed by atoms with Gasteiger partial charge in [0.25, 0.3) is 0 Å². The second-order valence-electron chi connectivity index (χ2n) is 5.78. The highest BCUT2D eigenvalue weighted by molar-refractivity contribution is 5.65. The Morgan fingerprint density at radius 1 is 1.47 bits per heavy atom. The molecule has 4 nitrogen and oxygen atoms in total. The Balaban J connectivity index is 2.69. The van der Waals surface area contributed by atoms with Crippen LogP contribution in [0.2, 0.25) is 0 Å². The average molecular weight is 268 g/mol. The van der Waals surface area contributed by atoms with Gasteiger partial charge in [-0.2, -0.15) is 0 Å². The van der Waals surface area contributed by atoms with Crippen molar-refractivity contribution in [3.63, 3.8) is 0 Å². The first-order valence-corrected chi connectivity index (χ1v) is 7.33. The first kappa shape index (κ1) is 16.0. The highest BCUT2D eigenvalue weighted by Gasteiger charge is 2.32. The number of hydrogen-bond acceptors (Lipinski definition) is 2. The lowest BCUT2D eigenvalue weighted by atomic mass is 9.80. The van der Waals surface area contributed by atoms with Crippen LogP contribution < -0.4 is 5.32 Å². The van der Waals surface area contributed by atoms with Gasteiger partial charge in [0.15, 0.2) is 0 Å². The van der Waals surface area contributed by atoms with Crippen molar-refractivity contribution in [1.82, 2.24) is 10.2 Å². The SMILES string of the molecule is CC/C=C\[C@@H]1C[C@H](N(C)C(C)C)CC[C@@H]1NC(=O)O. The molecule has 3 atom stereocenters. The molecule has 0 heterocycles. The fourth-order valence-electron chi connectivity index (χ4n) is 2.84. The van der Waals surface area contributed by atoms with Crippen molar-refractivity contribution in [2.45, 2.75) is 64.6 Å². The van der Waals surface area contributed by atoms with Crippen LogP contribution in [0.1, 0.15) is 46.5 Å². The van der Waals surface area contributed by atoms with Gasteiger partial charge in [-0.15, -0.1) is 0 Å². The first-order valence-electron chi connectivity index (χ1n) is 7.33. The van der Waals surface area contributed by atoms with Crippen LogP contribution in [0.4, 0.5) is 4.79 Å². The molecule has 0 aromatic rings. The molecule has 110 valence electrons. The van der Waals surface area contributed by atoms with Crippen molar-refractivity contribution in [3.8, 4) is 0 Å². The van der Waals surface area contributed by atoms with Crippen molar-refractivity contribution >= 4 is 6.09 Å². The minimum atomic E-state index is -0.907. The fraction of sp³-hybridized carbons (Fsp3) is 0.800. The van der Waals surface area contributed by atoms with Crippen molar-refractivity contribution in [2.75, 3.05) is 7.05 Å². The maximum absolute atomic E-state index is 10.9. The molecule has 1 rings (SSSR count). The minimum Gasteiger partial charge on any atom is -0.465 e. The predicted octanol–water partition coefficient (Wildman–Crippen LogP) is 3.10. The molecule has 0 aromatic carbocycles. The summed E-state index contributed by atoms with van der Waals surface area (Å²) < 4.78 is 0. The van der Waals surface area contributed by atoms with Crippen LogP contribution in [0.15, 0.2) is 12.2 Å². The monoisotopic (exact) mass is 268 g/mol. The van der Waals surface area contributed by atoms with E-state index in [1.807, 2.05) is 0 Å². The Hall–Kier alpha value is -1.03. The summed E-state index contributed by atoms with van der Waals surface area (Å²) in [6.07, 6.45) is 7.47. The fourth-order valence-corrected chi connectivity index (χ4v) is 2.84. The van der Waals surface area contributed by atoms with Gasteiger partial charge < -0.3 is 15.3 Å². The first-order chi connectivity index (χ1) is 8.95.